The van der Waals surface area contributed by atoms with Gasteiger partial charge in [-0.1, -0.05) is 0 Å². The van der Waals surface area contributed by atoms with Gasteiger partial charge >= 0.3 is 0 Å². The van der Waals surface area contributed by atoms with Crippen LogP contribution in [0.3, 0.4) is 0 Å². The lowest BCUT2D eigenvalue weighted by atomic mass is 10.1. The number of phenols is 4. The Kier molecular flexibility index (Phi) is 5.11. The van der Waals surface area contributed by atoms with Crippen LogP contribution in [-0.2, 0) is 4.74 Å². The van der Waals surface area contributed by atoms with E-state index in [1.165, 1.54) is 6.07 Å². The Balaban J connectivity index is 1.92. The first-order valence-electron chi connectivity index (χ1n) is 9.05. The molecule has 0 aliphatic carbocycles. The third kappa shape index (κ3) is 3.59. The molecule has 3 aromatic rings. The molecule has 0 amide bonds. The minimum absolute atomic E-state index is 0.0676. The molecule has 1 aliphatic heterocycles. The van der Waals surface area contributed by atoms with Gasteiger partial charge in [-0.05, 0) is 18.2 Å². The van der Waals surface area contributed by atoms with Crippen molar-refractivity contribution in [2.24, 2.45) is 0 Å². The highest BCUT2D eigenvalue weighted by atomic mass is 16.7. The van der Waals surface area contributed by atoms with Crippen molar-refractivity contribution in [1.82, 2.24) is 0 Å². The van der Waals surface area contributed by atoms with Crippen molar-refractivity contribution < 1.29 is 49.6 Å². The number of fused-ring (bicyclic) bond motifs is 1. The van der Waals surface area contributed by atoms with Gasteiger partial charge in [0, 0.05) is 17.7 Å². The van der Waals surface area contributed by atoms with Gasteiger partial charge < -0.3 is 49.6 Å². The summed E-state index contributed by atoms with van der Waals surface area (Å²) in [5.41, 5.74) is -1.05. The molecule has 164 valence electrons. The minimum Gasteiger partial charge on any atom is -0.508 e. The average Bonchev–Trinajstić information content (AvgIpc) is 2.71. The van der Waals surface area contributed by atoms with Gasteiger partial charge in [0.05, 0.1) is 6.61 Å². The van der Waals surface area contributed by atoms with Crippen molar-refractivity contribution in [3.8, 4) is 40.1 Å². The van der Waals surface area contributed by atoms with Crippen molar-refractivity contribution in [3.63, 3.8) is 0 Å². The standard InChI is InChI=1S/C20H18O11/c21-8-4-11(24)14-13(5-8)30-18(7-1-2-9(22)10(23)3-7)19(16(14)27)31-20-17(28)15(26)12(25)6-29-20/h1-5,12,15,17,20-26,28H,6H2/t12-,15-,17?,20-/m0/s1. The Morgan fingerprint density at radius 1 is 0.903 bits per heavy atom. The Morgan fingerprint density at radius 2 is 1.65 bits per heavy atom. The molecule has 2 heterocycles. The van der Waals surface area contributed by atoms with Gasteiger partial charge in [-0.2, -0.15) is 0 Å². The van der Waals surface area contributed by atoms with Crippen LogP contribution in [0.25, 0.3) is 22.3 Å². The monoisotopic (exact) mass is 434 g/mol. The second-order valence-electron chi connectivity index (χ2n) is 7.00. The fourth-order valence-electron chi connectivity index (χ4n) is 3.23. The third-order valence-electron chi connectivity index (χ3n) is 4.84. The lowest BCUT2D eigenvalue weighted by Gasteiger charge is -2.34. The quantitative estimate of drug-likeness (QED) is 0.277. The Bertz CT molecular complexity index is 1200. The predicted molar refractivity (Wildman–Crippen MR) is 103 cm³/mol. The number of hydrogen-bond acceptors (Lipinski definition) is 11. The number of rotatable bonds is 3. The summed E-state index contributed by atoms with van der Waals surface area (Å²) in [5.74, 6) is -2.79. The largest absolute Gasteiger partial charge is 0.508 e. The van der Waals surface area contributed by atoms with E-state index in [-0.39, 0.29) is 28.0 Å². The molecular weight excluding hydrogens is 416 g/mol. The van der Waals surface area contributed by atoms with Gasteiger partial charge in [0.25, 0.3) is 0 Å². The molecule has 31 heavy (non-hydrogen) atoms. The number of benzene rings is 2. The second kappa shape index (κ2) is 7.63. The van der Waals surface area contributed by atoms with Crippen molar-refractivity contribution in [2.75, 3.05) is 6.61 Å². The number of aromatic hydroxyl groups is 4. The normalized spacial score (nSPS) is 23.7. The highest BCUT2D eigenvalue weighted by Crippen LogP contribution is 2.39. The highest BCUT2D eigenvalue weighted by Gasteiger charge is 2.40. The number of phenolic OH excluding ortho intramolecular Hbond substituents is 4. The Labute approximate surface area is 173 Å². The summed E-state index contributed by atoms with van der Waals surface area (Å²) in [5, 5.41) is 68.6. The van der Waals surface area contributed by atoms with E-state index in [0.29, 0.717) is 0 Å². The molecule has 0 saturated carbocycles. The first kappa shape index (κ1) is 20.8. The molecule has 11 nitrogen and oxygen atoms in total. The SMILES string of the molecule is O=c1c(O[C@@H]2OC[C@H](O)[C@H](O)C2O)c(-c2ccc(O)c(O)c2)oc2cc(O)cc(O)c12. The lowest BCUT2D eigenvalue weighted by molar-refractivity contribution is -0.242. The van der Waals surface area contributed by atoms with Crippen LogP contribution in [0.2, 0.25) is 0 Å². The maximum Gasteiger partial charge on any atom is 0.239 e. The van der Waals surface area contributed by atoms with Crippen LogP contribution in [0, 0.1) is 0 Å². The summed E-state index contributed by atoms with van der Waals surface area (Å²) in [6, 6.07) is 5.50. The van der Waals surface area contributed by atoms with Crippen LogP contribution in [0.1, 0.15) is 0 Å². The van der Waals surface area contributed by atoms with E-state index in [1.54, 1.807) is 0 Å². The zero-order valence-corrected chi connectivity index (χ0v) is 15.7. The number of aliphatic hydroxyl groups excluding tert-OH is 3. The van der Waals surface area contributed by atoms with Gasteiger partial charge in [0.15, 0.2) is 17.3 Å². The molecule has 4 atom stereocenters. The van der Waals surface area contributed by atoms with E-state index in [0.717, 1.165) is 24.3 Å². The van der Waals surface area contributed by atoms with Crippen LogP contribution < -0.4 is 10.2 Å². The molecule has 7 N–H and O–H groups in total. The van der Waals surface area contributed by atoms with Gasteiger partial charge in [-0.3, -0.25) is 4.79 Å². The summed E-state index contributed by atoms with van der Waals surface area (Å²) in [4.78, 5) is 13.1. The molecule has 2 aromatic carbocycles. The maximum absolute atomic E-state index is 13.1. The average molecular weight is 434 g/mol. The number of aliphatic hydroxyl groups is 3. The topological polar surface area (TPSA) is 190 Å². The fourth-order valence-corrected chi connectivity index (χ4v) is 3.23. The van der Waals surface area contributed by atoms with Crippen molar-refractivity contribution in [2.45, 2.75) is 24.6 Å². The minimum atomic E-state index is -1.73. The van der Waals surface area contributed by atoms with Crippen LogP contribution in [0.5, 0.6) is 28.7 Å². The molecule has 0 spiro atoms. The van der Waals surface area contributed by atoms with Crippen LogP contribution in [0.4, 0.5) is 0 Å². The predicted octanol–water partition coefficient (Wildman–Crippen LogP) is 0.100. The summed E-state index contributed by atoms with van der Waals surface area (Å²) < 4.78 is 16.3. The van der Waals surface area contributed by atoms with E-state index < -0.39 is 59.6 Å². The third-order valence-corrected chi connectivity index (χ3v) is 4.84. The van der Waals surface area contributed by atoms with Gasteiger partial charge in [0.2, 0.25) is 17.5 Å². The smallest absolute Gasteiger partial charge is 0.239 e. The second-order valence-corrected chi connectivity index (χ2v) is 7.00. The van der Waals surface area contributed by atoms with Gasteiger partial charge in [0.1, 0.15) is 40.8 Å². The molecule has 0 radical (unpaired) electrons. The molecule has 1 aromatic heterocycles. The summed E-state index contributed by atoms with van der Waals surface area (Å²) in [7, 11) is 0. The molecule has 1 unspecified atom stereocenters. The van der Waals surface area contributed by atoms with E-state index in [1.807, 2.05) is 0 Å². The van der Waals surface area contributed by atoms with Crippen LogP contribution >= 0.6 is 0 Å². The summed E-state index contributed by atoms with van der Waals surface area (Å²) in [6.45, 7) is -0.393. The van der Waals surface area contributed by atoms with Crippen molar-refractivity contribution in [3.05, 3.63) is 40.6 Å². The van der Waals surface area contributed by atoms with Crippen LogP contribution in [-0.4, -0.2) is 67.0 Å². The zero-order chi connectivity index (χ0) is 22.4. The number of hydrogen-bond donors (Lipinski definition) is 7. The first-order valence-corrected chi connectivity index (χ1v) is 9.05. The molecule has 4 rings (SSSR count). The Hall–Kier alpha value is -3.51. The molecule has 1 saturated heterocycles. The summed E-state index contributed by atoms with van der Waals surface area (Å²) >= 11 is 0. The molecule has 11 heteroatoms. The Morgan fingerprint density at radius 3 is 2.35 bits per heavy atom. The zero-order valence-electron chi connectivity index (χ0n) is 15.7. The van der Waals surface area contributed by atoms with Crippen LogP contribution in [0.15, 0.2) is 39.5 Å². The van der Waals surface area contributed by atoms with Gasteiger partial charge in [-0.25, -0.2) is 0 Å². The van der Waals surface area contributed by atoms with Crippen molar-refractivity contribution in [1.29, 1.82) is 0 Å². The molecule has 0 bridgehead atoms. The molecule has 1 fully saturated rings. The van der Waals surface area contributed by atoms with E-state index >= 15 is 0 Å². The lowest BCUT2D eigenvalue weighted by Crippen LogP contribution is -2.55. The highest BCUT2D eigenvalue weighted by molar-refractivity contribution is 5.88. The summed E-state index contributed by atoms with van der Waals surface area (Å²) in [6.07, 6.45) is -6.29. The number of ether oxygens (including phenoxy) is 2. The first-order chi connectivity index (χ1) is 14.7. The fraction of sp³-hybridized carbons (Fsp3) is 0.250. The van der Waals surface area contributed by atoms with Gasteiger partial charge in [-0.15, -0.1) is 0 Å². The molecular formula is C20H18O11. The van der Waals surface area contributed by atoms with Crippen molar-refractivity contribution >= 4 is 11.0 Å². The van der Waals surface area contributed by atoms with E-state index in [2.05, 4.69) is 0 Å². The van der Waals surface area contributed by atoms with E-state index in [9.17, 15) is 40.5 Å². The maximum atomic E-state index is 13.1. The molecule has 1 aliphatic rings. The van der Waals surface area contributed by atoms with E-state index in [4.69, 9.17) is 13.9 Å².